The molecule has 0 aliphatic rings. The third-order valence-electron chi connectivity index (χ3n) is 4.26. The van der Waals surface area contributed by atoms with Gasteiger partial charge in [-0.1, -0.05) is 74.2 Å². The van der Waals surface area contributed by atoms with Crippen LogP contribution in [-0.4, -0.2) is 16.1 Å². The van der Waals surface area contributed by atoms with Gasteiger partial charge in [-0.2, -0.15) is 13.2 Å². The smallest absolute Gasteiger partial charge is 0.296 e. The molecule has 1 heterocycles. The van der Waals surface area contributed by atoms with Crippen LogP contribution in [0.15, 0.2) is 52.9 Å². The number of alkyl halides is 3. The molecule has 30 heavy (non-hydrogen) atoms. The number of aromatic nitrogens is 2. The third-order valence-corrected chi connectivity index (χ3v) is 6.30. The van der Waals surface area contributed by atoms with Crippen molar-refractivity contribution < 1.29 is 18.0 Å². The molecular weight excluding hydrogens is 431 g/mol. The zero-order valence-corrected chi connectivity index (χ0v) is 18.2. The second-order valence-electron chi connectivity index (χ2n) is 7.64. The van der Waals surface area contributed by atoms with Gasteiger partial charge in [0.25, 0.3) is 5.91 Å². The first kappa shape index (κ1) is 22.3. The molecule has 0 aliphatic heterocycles. The molecule has 0 saturated carbocycles. The van der Waals surface area contributed by atoms with E-state index < -0.39 is 11.7 Å². The van der Waals surface area contributed by atoms with E-state index in [1.807, 2.05) is 12.1 Å². The number of anilines is 1. The number of thioether (sulfide) groups is 1. The number of benzene rings is 2. The zero-order valence-electron chi connectivity index (χ0n) is 16.6. The summed E-state index contributed by atoms with van der Waals surface area (Å²) in [7, 11) is 0. The molecule has 0 bridgehead atoms. The van der Waals surface area contributed by atoms with Crippen LogP contribution in [0.5, 0.6) is 0 Å². The van der Waals surface area contributed by atoms with Gasteiger partial charge < -0.3 is 0 Å². The van der Waals surface area contributed by atoms with E-state index >= 15 is 0 Å². The lowest BCUT2D eigenvalue weighted by Gasteiger charge is -2.18. The predicted octanol–water partition coefficient (Wildman–Crippen LogP) is 6.40. The van der Waals surface area contributed by atoms with Gasteiger partial charge in [-0.05, 0) is 34.7 Å². The number of carbonyl (C=O) groups is 1. The Bertz CT molecular complexity index is 1020. The molecule has 3 rings (SSSR count). The fourth-order valence-corrected chi connectivity index (χ4v) is 4.28. The summed E-state index contributed by atoms with van der Waals surface area (Å²) in [6, 6.07) is 12.6. The van der Waals surface area contributed by atoms with E-state index in [-0.39, 0.29) is 11.3 Å². The molecule has 1 N–H and O–H groups in total. The van der Waals surface area contributed by atoms with Gasteiger partial charge in [0.2, 0.25) is 5.13 Å². The summed E-state index contributed by atoms with van der Waals surface area (Å²) in [5, 5.41) is 11.0. The van der Waals surface area contributed by atoms with Crippen molar-refractivity contribution >= 4 is 34.1 Å². The monoisotopic (exact) mass is 451 g/mol. The number of nitrogens with zero attached hydrogens (tertiary/aromatic N) is 2. The highest BCUT2D eigenvalue weighted by Crippen LogP contribution is 2.32. The molecule has 158 valence electrons. The summed E-state index contributed by atoms with van der Waals surface area (Å²) in [4.78, 5) is 12.4. The van der Waals surface area contributed by atoms with Crippen LogP contribution in [-0.2, 0) is 17.3 Å². The third kappa shape index (κ3) is 5.82. The van der Waals surface area contributed by atoms with Gasteiger partial charge in [0, 0.05) is 11.3 Å². The second kappa shape index (κ2) is 8.77. The highest BCUT2D eigenvalue weighted by atomic mass is 32.2. The summed E-state index contributed by atoms with van der Waals surface area (Å²) in [6.45, 7) is 6.30. The number of rotatable bonds is 5. The van der Waals surface area contributed by atoms with Crippen molar-refractivity contribution in [2.24, 2.45) is 0 Å². The van der Waals surface area contributed by atoms with Gasteiger partial charge in [0.05, 0.1) is 5.56 Å². The van der Waals surface area contributed by atoms with Gasteiger partial charge in [-0.25, -0.2) is 0 Å². The first-order chi connectivity index (χ1) is 14.0. The Balaban J connectivity index is 1.59. The summed E-state index contributed by atoms with van der Waals surface area (Å²) in [6.07, 6.45) is -4.37. The Labute approximate surface area is 180 Å². The van der Waals surface area contributed by atoms with Crippen LogP contribution in [0.25, 0.3) is 0 Å². The minimum absolute atomic E-state index is 0.0000246. The van der Waals surface area contributed by atoms with Crippen molar-refractivity contribution in [3.8, 4) is 0 Å². The molecule has 0 atom stereocenters. The van der Waals surface area contributed by atoms with Gasteiger partial charge in [-0.15, -0.1) is 10.2 Å². The average Bonchev–Trinajstić information content (AvgIpc) is 3.13. The Morgan fingerprint density at radius 1 is 1.03 bits per heavy atom. The van der Waals surface area contributed by atoms with E-state index in [2.05, 4.69) is 36.3 Å². The lowest BCUT2D eigenvalue weighted by atomic mass is 9.87. The molecule has 4 nitrogen and oxygen atoms in total. The van der Waals surface area contributed by atoms with E-state index in [0.717, 1.165) is 17.7 Å². The summed E-state index contributed by atoms with van der Waals surface area (Å²) >= 11 is 2.45. The van der Waals surface area contributed by atoms with E-state index in [1.165, 1.54) is 29.2 Å². The van der Waals surface area contributed by atoms with Crippen molar-refractivity contribution in [1.82, 2.24) is 10.2 Å². The zero-order chi connectivity index (χ0) is 21.9. The van der Waals surface area contributed by atoms with Crippen LogP contribution >= 0.6 is 23.1 Å². The maximum absolute atomic E-state index is 12.8. The molecule has 1 aromatic heterocycles. The van der Waals surface area contributed by atoms with Crippen molar-refractivity contribution in [2.45, 2.75) is 42.5 Å². The van der Waals surface area contributed by atoms with E-state index in [4.69, 9.17) is 0 Å². The Hall–Kier alpha value is -2.39. The lowest BCUT2D eigenvalue weighted by Crippen LogP contribution is -2.14. The Kier molecular flexibility index (Phi) is 6.52. The standard InChI is InChI=1S/C21H20F3N3OS2/c1-20(2,3)15-9-7-14(8-10-15)17(28)25-18-26-27-19(30-18)29-12-13-5-4-6-16(11-13)21(22,23)24/h4-11H,12H2,1-3H3,(H,25,26,28). The van der Waals surface area contributed by atoms with Crippen LogP contribution in [0, 0.1) is 0 Å². The van der Waals surface area contributed by atoms with Crippen LogP contribution in [0.2, 0.25) is 0 Å². The average molecular weight is 452 g/mol. The SMILES string of the molecule is CC(C)(C)c1ccc(C(=O)Nc2nnc(SCc3cccc(C(F)(F)F)c3)s2)cc1. The molecule has 0 unspecified atom stereocenters. The largest absolute Gasteiger partial charge is 0.416 e. The predicted molar refractivity (Wildman–Crippen MR) is 114 cm³/mol. The molecule has 2 aromatic carbocycles. The fourth-order valence-electron chi connectivity index (χ4n) is 2.59. The number of hydrogen-bond donors (Lipinski definition) is 1. The summed E-state index contributed by atoms with van der Waals surface area (Å²) in [5.74, 6) is 0.0295. The molecule has 0 radical (unpaired) electrons. The molecule has 0 spiro atoms. The topological polar surface area (TPSA) is 54.9 Å². The van der Waals surface area contributed by atoms with E-state index in [1.54, 1.807) is 18.2 Å². The van der Waals surface area contributed by atoms with Gasteiger partial charge in [0.1, 0.15) is 0 Å². The summed E-state index contributed by atoms with van der Waals surface area (Å²) < 4.78 is 39.0. The van der Waals surface area contributed by atoms with Crippen molar-refractivity contribution in [3.05, 3.63) is 70.8 Å². The number of amides is 1. The number of hydrogen-bond acceptors (Lipinski definition) is 5. The molecule has 0 saturated heterocycles. The van der Waals surface area contributed by atoms with Gasteiger partial charge >= 0.3 is 6.18 Å². The van der Waals surface area contributed by atoms with Gasteiger partial charge in [0.15, 0.2) is 4.34 Å². The quantitative estimate of drug-likeness (QED) is 0.360. The molecule has 0 fully saturated rings. The van der Waals surface area contributed by atoms with Crippen LogP contribution < -0.4 is 5.32 Å². The van der Waals surface area contributed by atoms with E-state index in [0.29, 0.717) is 26.4 Å². The highest BCUT2D eigenvalue weighted by molar-refractivity contribution is 8.00. The molecular formula is C21H20F3N3OS2. The normalized spacial score (nSPS) is 12.1. The van der Waals surface area contributed by atoms with Crippen LogP contribution in [0.1, 0.15) is 47.8 Å². The number of nitrogens with one attached hydrogen (secondary N) is 1. The maximum Gasteiger partial charge on any atom is 0.416 e. The number of carbonyl (C=O) groups excluding carboxylic acids is 1. The first-order valence-corrected chi connectivity index (χ1v) is 10.9. The minimum Gasteiger partial charge on any atom is -0.296 e. The van der Waals surface area contributed by atoms with Crippen LogP contribution in [0.4, 0.5) is 18.3 Å². The van der Waals surface area contributed by atoms with E-state index in [9.17, 15) is 18.0 Å². The Morgan fingerprint density at radius 3 is 2.37 bits per heavy atom. The lowest BCUT2D eigenvalue weighted by molar-refractivity contribution is -0.137. The Morgan fingerprint density at radius 2 is 1.73 bits per heavy atom. The molecule has 3 aromatic rings. The first-order valence-electron chi connectivity index (χ1n) is 9.07. The molecule has 9 heteroatoms. The second-order valence-corrected chi connectivity index (χ2v) is 9.84. The highest BCUT2D eigenvalue weighted by Gasteiger charge is 2.30. The molecule has 1 amide bonds. The van der Waals surface area contributed by atoms with Gasteiger partial charge in [-0.3, -0.25) is 10.1 Å². The number of halogens is 3. The minimum atomic E-state index is -4.37. The van der Waals surface area contributed by atoms with Crippen LogP contribution in [0.3, 0.4) is 0 Å². The maximum atomic E-state index is 12.8. The van der Waals surface area contributed by atoms with Crippen molar-refractivity contribution in [3.63, 3.8) is 0 Å². The summed E-state index contributed by atoms with van der Waals surface area (Å²) in [5.41, 5.74) is 1.50. The molecule has 0 aliphatic carbocycles. The fraction of sp³-hybridized carbons (Fsp3) is 0.286. The van der Waals surface area contributed by atoms with Crippen molar-refractivity contribution in [1.29, 1.82) is 0 Å². The van der Waals surface area contributed by atoms with Crippen molar-refractivity contribution in [2.75, 3.05) is 5.32 Å².